The van der Waals surface area contributed by atoms with E-state index in [9.17, 15) is 69.3 Å². The number of esters is 1. The van der Waals surface area contributed by atoms with Gasteiger partial charge in [-0.2, -0.15) is 0 Å². The van der Waals surface area contributed by atoms with E-state index in [1.54, 1.807) is 72.1 Å². The number of aliphatic carboxylic acids is 3. The fourth-order valence-corrected chi connectivity index (χ4v) is 11.9. The molecule has 488 valence electrons. The third kappa shape index (κ3) is 22.7. The summed E-state index contributed by atoms with van der Waals surface area (Å²) >= 11 is 0. The number of cyclic esters (lactones) is 1. The first kappa shape index (κ1) is 73.7. The molecule has 3 fully saturated rings. The number of aliphatic hydroxyl groups is 4. The number of rotatable bonds is 22. The normalized spacial score (nSPS) is 34.4. The molecule has 0 aromatic carbocycles. The van der Waals surface area contributed by atoms with Gasteiger partial charge in [0.15, 0.2) is 5.78 Å². The van der Waals surface area contributed by atoms with Crippen LogP contribution in [0.5, 0.6) is 0 Å². The summed E-state index contributed by atoms with van der Waals surface area (Å²) in [5.41, 5.74) is -0.767. The van der Waals surface area contributed by atoms with Crippen LogP contribution in [-0.4, -0.2) is 209 Å². The number of carboxylic acid groups (broad SMARTS) is 3. The predicted octanol–water partition coefficient (Wildman–Crippen LogP) is 5.56. The van der Waals surface area contributed by atoms with Crippen molar-refractivity contribution < 1.29 is 107 Å². The standard InChI is InChI=1S/C63H99NO22/c1-38-15-11-10-12-16-39(2)51(86-62(35-81-26-22-53(67)68,36-82-27-23-54(69)70)37-83-28-24-55(71)72)33-46-20-18-44(7)63(78,85-46)59(75)60(76)64-25-14-13-17-47(64)61(77)84-50(41(4)31-45-19-21-48(65)52(32-45)79-8)34-49(66)40(3)30-43(6)57(74)58(80-9)56(73)42(5)29-38/h10-12,15-16,30,38,40-42,44-52,57-58,65-66,74,78H,13-14,17-29,31-37H2,1-9H3,(H,67,68)(H,69,70)(H,71,72)/b12-10+,15-11+,39-16+,43-30+/t38-,40-,41-,42-,44-,45+,46+,47+,48-,49?,50+,51?,52-,57-,58+,63-/m1/s1. The molecule has 2 bridgehead atoms. The maximum absolute atomic E-state index is 14.8. The van der Waals surface area contributed by atoms with Gasteiger partial charge in [0.25, 0.3) is 11.7 Å². The minimum Gasteiger partial charge on any atom is -0.481 e. The van der Waals surface area contributed by atoms with Crippen LogP contribution in [0.3, 0.4) is 0 Å². The summed E-state index contributed by atoms with van der Waals surface area (Å²) in [4.78, 5) is 93.9. The van der Waals surface area contributed by atoms with Crippen molar-refractivity contribution in [2.45, 2.75) is 211 Å². The number of carbonyl (C=O) groups excluding carboxylic acids is 4. The first-order chi connectivity index (χ1) is 40.6. The van der Waals surface area contributed by atoms with Crippen molar-refractivity contribution in [3.05, 3.63) is 47.6 Å². The number of carboxylic acids is 3. The third-order valence-electron chi connectivity index (χ3n) is 17.2. The number of piperidine rings is 1. The zero-order valence-corrected chi connectivity index (χ0v) is 51.9. The number of ether oxygens (including phenoxy) is 8. The molecule has 0 spiro atoms. The second-order valence-electron chi connectivity index (χ2n) is 24.4. The summed E-state index contributed by atoms with van der Waals surface area (Å²) in [5, 5.41) is 74.9. The number of methoxy groups -OCH3 is 2. The number of hydrogen-bond acceptors (Lipinski definition) is 19. The van der Waals surface area contributed by atoms with E-state index in [2.05, 4.69) is 0 Å². The van der Waals surface area contributed by atoms with Gasteiger partial charge in [-0.15, -0.1) is 0 Å². The van der Waals surface area contributed by atoms with Crippen molar-refractivity contribution in [1.29, 1.82) is 0 Å². The van der Waals surface area contributed by atoms with Crippen molar-refractivity contribution in [2.75, 3.05) is 60.4 Å². The zero-order valence-electron chi connectivity index (χ0n) is 51.9. The number of carbonyl (C=O) groups is 7. The highest BCUT2D eigenvalue weighted by Gasteiger charge is 2.53. The molecule has 16 atom stereocenters. The van der Waals surface area contributed by atoms with Crippen molar-refractivity contribution >= 4 is 41.4 Å². The van der Waals surface area contributed by atoms with Gasteiger partial charge in [-0.1, -0.05) is 71.1 Å². The van der Waals surface area contributed by atoms with Gasteiger partial charge in [0.1, 0.15) is 30.0 Å². The van der Waals surface area contributed by atoms with E-state index >= 15 is 0 Å². The van der Waals surface area contributed by atoms with Gasteiger partial charge < -0.3 is 78.5 Å². The Morgan fingerprint density at radius 1 is 0.744 bits per heavy atom. The molecule has 3 aliphatic heterocycles. The Balaban J connectivity index is 1.83. The molecule has 0 aromatic rings. The fraction of sp³-hybridized carbons (Fsp3) is 0.762. The molecule has 1 aliphatic carbocycles. The minimum absolute atomic E-state index is 0.0295. The molecule has 0 aromatic heterocycles. The highest BCUT2D eigenvalue weighted by atomic mass is 16.6. The minimum atomic E-state index is -2.70. The van der Waals surface area contributed by atoms with Gasteiger partial charge in [-0.25, -0.2) is 4.79 Å². The maximum atomic E-state index is 14.8. The lowest BCUT2D eigenvalue weighted by Crippen LogP contribution is -2.61. The van der Waals surface area contributed by atoms with E-state index < -0.39 is 139 Å². The SMILES string of the molecule is CO[C@@H]1C[C@H](C[C@@H](C)[C@@H]2CC(O)[C@H](C)/C=C(\C)[C@@H](O)[C@@H](OC)C(=O)[C@H](C)C[C@H](C)/C=C/C=C/C=C(\C)C(OC(COCCC(=O)O)(COCCC(=O)O)COCCC(=O)O)C[C@@H]3CC[C@@H](C)[C@@](O)(O3)C(=O)C(=O)N3CCCC[C@H]3C(=O)O2)CC[C@H]1O. The molecule has 3 heterocycles. The summed E-state index contributed by atoms with van der Waals surface area (Å²) in [5.74, 6) is -12.3. The smallest absolute Gasteiger partial charge is 0.329 e. The average molecular weight is 1220 g/mol. The Morgan fingerprint density at radius 2 is 1.36 bits per heavy atom. The van der Waals surface area contributed by atoms with E-state index in [0.29, 0.717) is 56.1 Å². The third-order valence-corrected chi connectivity index (χ3v) is 17.2. The molecule has 7 N–H and O–H groups in total. The van der Waals surface area contributed by atoms with Crippen LogP contribution in [0.4, 0.5) is 0 Å². The van der Waals surface area contributed by atoms with Gasteiger partial charge in [-0.3, -0.25) is 28.8 Å². The van der Waals surface area contributed by atoms with Crippen LogP contribution < -0.4 is 0 Å². The quantitative estimate of drug-likeness (QED) is 0.0302. The number of Topliss-reactive ketones (excluding diaryl/α,β-unsaturated/α-hetero) is 2. The molecule has 1 amide bonds. The summed E-state index contributed by atoms with van der Waals surface area (Å²) in [6.07, 6.45) is 5.55. The van der Waals surface area contributed by atoms with E-state index in [1.807, 2.05) is 19.9 Å². The molecule has 2 saturated heterocycles. The fourth-order valence-electron chi connectivity index (χ4n) is 11.9. The van der Waals surface area contributed by atoms with Crippen molar-refractivity contribution in [1.82, 2.24) is 4.90 Å². The largest absolute Gasteiger partial charge is 0.481 e. The first-order valence-electron chi connectivity index (χ1n) is 30.5. The molecule has 1 saturated carbocycles. The lowest BCUT2D eigenvalue weighted by molar-refractivity contribution is -0.269. The van der Waals surface area contributed by atoms with Crippen molar-refractivity contribution in [3.8, 4) is 0 Å². The molecule has 4 rings (SSSR count). The Labute approximate surface area is 506 Å². The molecular formula is C63H99NO22. The lowest BCUT2D eigenvalue weighted by atomic mass is 9.78. The highest BCUT2D eigenvalue weighted by Crippen LogP contribution is 2.39. The Kier molecular flexibility index (Phi) is 30.9. The molecule has 23 nitrogen and oxygen atoms in total. The van der Waals surface area contributed by atoms with Crippen LogP contribution in [0.15, 0.2) is 47.6 Å². The van der Waals surface area contributed by atoms with Gasteiger partial charge in [0.2, 0.25) is 5.79 Å². The van der Waals surface area contributed by atoms with Crippen molar-refractivity contribution in [3.63, 3.8) is 0 Å². The average Bonchev–Trinajstić information content (AvgIpc) is 1.22. The number of amides is 1. The predicted molar refractivity (Wildman–Crippen MR) is 312 cm³/mol. The van der Waals surface area contributed by atoms with Gasteiger partial charge in [-0.05, 0) is 107 Å². The van der Waals surface area contributed by atoms with Crippen LogP contribution in [0, 0.1) is 35.5 Å². The topological polar surface area (TPSA) is 338 Å². The van der Waals surface area contributed by atoms with Gasteiger partial charge >= 0.3 is 23.9 Å². The summed E-state index contributed by atoms with van der Waals surface area (Å²) in [6.45, 7) is 10.2. The lowest BCUT2D eigenvalue weighted by Gasteiger charge is -2.44. The molecule has 4 aliphatic rings. The molecular weight excluding hydrogens is 1120 g/mol. The summed E-state index contributed by atoms with van der Waals surface area (Å²) < 4.78 is 48.4. The highest BCUT2D eigenvalue weighted by molar-refractivity contribution is 6.39. The van der Waals surface area contributed by atoms with Crippen LogP contribution in [0.1, 0.15) is 145 Å². The van der Waals surface area contributed by atoms with E-state index in [0.717, 1.165) is 4.90 Å². The summed E-state index contributed by atoms with van der Waals surface area (Å²) in [6, 6.07) is -1.26. The zero-order chi connectivity index (χ0) is 63.9. The number of fused-ring (bicyclic) bond motifs is 3. The van der Waals surface area contributed by atoms with Crippen LogP contribution in [-0.2, 0) is 71.5 Å². The second-order valence-corrected chi connectivity index (χ2v) is 24.4. The van der Waals surface area contributed by atoms with Crippen LogP contribution in [0.25, 0.3) is 0 Å². The number of hydrogen-bond donors (Lipinski definition) is 7. The van der Waals surface area contributed by atoms with Gasteiger partial charge in [0, 0.05) is 51.4 Å². The van der Waals surface area contributed by atoms with E-state index in [4.69, 9.17) is 37.9 Å². The Morgan fingerprint density at radius 3 is 1.94 bits per heavy atom. The number of ketones is 2. The van der Waals surface area contributed by atoms with Crippen LogP contribution >= 0.6 is 0 Å². The van der Waals surface area contributed by atoms with Crippen LogP contribution in [0.2, 0.25) is 0 Å². The van der Waals surface area contributed by atoms with E-state index in [-0.39, 0.29) is 102 Å². The monoisotopic (exact) mass is 1220 g/mol. The number of allylic oxidation sites excluding steroid dienone is 5. The first-order valence-corrected chi connectivity index (χ1v) is 30.5. The Bertz CT molecular complexity index is 2280. The second kappa shape index (κ2) is 36.0. The number of nitrogens with zero attached hydrogens (tertiary/aromatic N) is 1. The molecule has 86 heavy (non-hydrogen) atoms. The number of aliphatic hydroxyl groups excluding tert-OH is 3. The van der Waals surface area contributed by atoms with Gasteiger partial charge in [0.05, 0.1) is 89.4 Å². The molecule has 0 radical (unpaired) electrons. The van der Waals surface area contributed by atoms with Crippen molar-refractivity contribution in [2.24, 2.45) is 35.5 Å². The molecule has 2 unspecified atom stereocenters. The summed E-state index contributed by atoms with van der Waals surface area (Å²) in [7, 11) is 2.89. The Hall–Kier alpha value is -4.79. The van der Waals surface area contributed by atoms with E-state index in [1.165, 1.54) is 7.11 Å². The molecule has 23 heteroatoms. The maximum Gasteiger partial charge on any atom is 0.329 e.